The molecule has 0 radical (unpaired) electrons. The van der Waals surface area contributed by atoms with Crippen molar-refractivity contribution in [3.05, 3.63) is 30.6 Å². The summed E-state index contributed by atoms with van der Waals surface area (Å²) in [5.74, 6) is 0.0154. The predicted octanol–water partition coefficient (Wildman–Crippen LogP) is 1.28. The van der Waals surface area contributed by atoms with Crippen molar-refractivity contribution in [1.82, 2.24) is 20.2 Å². The lowest BCUT2D eigenvalue weighted by Crippen LogP contribution is -2.60. The topological polar surface area (TPSA) is 96.8 Å². The molecular formula is C17H21N5O3. The molecule has 132 valence electrons. The standard InChI is InChI=1S/C17H21N5O3/c23-15-7-6-11(16(21-15)14-5-3-9-25-14)19-17(24)20-12-10-18-22-8-2-1-4-13(12)22/h1-2,4,8,10-11,14,16H,3,5-7,9H2,(H,21,23)(H2,19,20,24)/t11-,14?,16-/m1/s1. The number of nitrogens with one attached hydrogen (secondary N) is 3. The highest BCUT2D eigenvalue weighted by atomic mass is 16.5. The van der Waals surface area contributed by atoms with Crippen LogP contribution in [0.1, 0.15) is 25.7 Å². The SMILES string of the molecule is O=C1CC[C@@H](NC(=O)Nc2cnn3ccccc23)[C@H](C2CCCO2)N1. The van der Waals surface area contributed by atoms with Crippen molar-refractivity contribution in [2.24, 2.45) is 0 Å². The number of carbonyl (C=O) groups excluding carboxylic acids is 2. The molecule has 3 atom stereocenters. The molecule has 0 saturated carbocycles. The van der Waals surface area contributed by atoms with E-state index in [1.165, 1.54) is 0 Å². The van der Waals surface area contributed by atoms with Gasteiger partial charge in [-0.1, -0.05) is 6.07 Å². The van der Waals surface area contributed by atoms with Crippen molar-refractivity contribution in [1.29, 1.82) is 0 Å². The van der Waals surface area contributed by atoms with Gasteiger partial charge in [0.1, 0.15) is 0 Å². The van der Waals surface area contributed by atoms with E-state index in [2.05, 4.69) is 21.0 Å². The number of aromatic nitrogens is 2. The Kier molecular flexibility index (Phi) is 4.27. The lowest BCUT2D eigenvalue weighted by atomic mass is 9.92. The molecule has 0 spiro atoms. The number of nitrogens with zero attached hydrogens (tertiary/aromatic N) is 2. The lowest BCUT2D eigenvalue weighted by molar-refractivity contribution is -0.125. The van der Waals surface area contributed by atoms with E-state index in [-0.39, 0.29) is 30.1 Å². The Morgan fingerprint density at radius 3 is 3.12 bits per heavy atom. The molecule has 3 N–H and O–H groups in total. The Hall–Kier alpha value is -2.61. The highest BCUT2D eigenvalue weighted by Crippen LogP contribution is 2.23. The van der Waals surface area contributed by atoms with Crippen molar-refractivity contribution in [3.63, 3.8) is 0 Å². The van der Waals surface area contributed by atoms with Gasteiger partial charge in [-0.05, 0) is 31.4 Å². The summed E-state index contributed by atoms with van der Waals surface area (Å²) >= 11 is 0. The maximum Gasteiger partial charge on any atom is 0.319 e. The van der Waals surface area contributed by atoms with E-state index < -0.39 is 0 Å². The van der Waals surface area contributed by atoms with Gasteiger partial charge in [0.25, 0.3) is 0 Å². The Balaban J connectivity index is 1.44. The van der Waals surface area contributed by atoms with Gasteiger partial charge in [-0.2, -0.15) is 5.10 Å². The molecule has 4 rings (SSSR count). The summed E-state index contributed by atoms with van der Waals surface area (Å²) in [5, 5.41) is 13.0. The number of amides is 3. The van der Waals surface area contributed by atoms with Crippen LogP contribution in [0.25, 0.3) is 5.52 Å². The van der Waals surface area contributed by atoms with Crippen LogP contribution < -0.4 is 16.0 Å². The second-order valence-electron chi connectivity index (χ2n) is 6.48. The van der Waals surface area contributed by atoms with Crippen LogP contribution in [-0.2, 0) is 9.53 Å². The van der Waals surface area contributed by atoms with Crippen LogP contribution in [0.3, 0.4) is 0 Å². The summed E-state index contributed by atoms with van der Waals surface area (Å²) in [7, 11) is 0. The van der Waals surface area contributed by atoms with Crippen molar-refractivity contribution < 1.29 is 14.3 Å². The molecule has 1 unspecified atom stereocenters. The Bertz CT molecular complexity index is 783. The fraction of sp³-hybridized carbons (Fsp3) is 0.471. The average Bonchev–Trinajstić information content (AvgIpc) is 3.27. The largest absolute Gasteiger partial charge is 0.376 e. The Morgan fingerprint density at radius 2 is 2.28 bits per heavy atom. The maximum atomic E-state index is 12.5. The molecule has 0 aliphatic carbocycles. The number of hydrogen-bond donors (Lipinski definition) is 3. The van der Waals surface area contributed by atoms with Crippen LogP contribution in [0.4, 0.5) is 10.5 Å². The number of piperidine rings is 1. The van der Waals surface area contributed by atoms with Gasteiger partial charge in [-0.15, -0.1) is 0 Å². The van der Waals surface area contributed by atoms with E-state index in [1.807, 2.05) is 24.4 Å². The Labute approximate surface area is 144 Å². The van der Waals surface area contributed by atoms with E-state index in [0.29, 0.717) is 25.1 Å². The average molecular weight is 343 g/mol. The van der Waals surface area contributed by atoms with Crippen molar-refractivity contribution >= 4 is 23.1 Å². The van der Waals surface area contributed by atoms with Gasteiger partial charge in [-0.25, -0.2) is 9.31 Å². The summed E-state index contributed by atoms with van der Waals surface area (Å²) in [6, 6.07) is 5.02. The number of hydrogen-bond acceptors (Lipinski definition) is 4. The summed E-state index contributed by atoms with van der Waals surface area (Å²) in [5.41, 5.74) is 1.47. The molecule has 3 amide bonds. The van der Waals surface area contributed by atoms with Gasteiger partial charge in [0.05, 0.1) is 35.6 Å². The molecule has 2 fully saturated rings. The first-order valence-corrected chi connectivity index (χ1v) is 8.61. The van der Waals surface area contributed by atoms with Crippen LogP contribution in [0.2, 0.25) is 0 Å². The smallest absolute Gasteiger partial charge is 0.319 e. The zero-order valence-electron chi connectivity index (χ0n) is 13.8. The minimum Gasteiger partial charge on any atom is -0.376 e. The molecule has 0 bridgehead atoms. The summed E-state index contributed by atoms with van der Waals surface area (Å²) in [4.78, 5) is 24.2. The highest BCUT2D eigenvalue weighted by molar-refractivity contribution is 5.94. The molecule has 8 heteroatoms. The van der Waals surface area contributed by atoms with Crippen LogP contribution in [-0.4, -0.2) is 46.3 Å². The number of rotatable bonds is 3. The fourth-order valence-electron chi connectivity index (χ4n) is 3.58. The first kappa shape index (κ1) is 15.9. The number of carbonyl (C=O) groups is 2. The Morgan fingerprint density at radius 1 is 1.36 bits per heavy atom. The van der Waals surface area contributed by atoms with Crippen LogP contribution in [0, 0.1) is 0 Å². The summed E-state index contributed by atoms with van der Waals surface area (Å²) in [6.45, 7) is 0.707. The van der Waals surface area contributed by atoms with E-state index in [9.17, 15) is 9.59 Å². The number of pyridine rings is 1. The van der Waals surface area contributed by atoms with Crippen LogP contribution in [0.15, 0.2) is 30.6 Å². The first-order valence-electron chi connectivity index (χ1n) is 8.61. The van der Waals surface area contributed by atoms with Crippen molar-refractivity contribution in [2.75, 3.05) is 11.9 Å². The van der Waals surface area contributed by atoms with E-state index >= 15 is 0 Å². The van der Waals surface area contributed by atoms with E-state index in [4.69, 9.17) is 4.74 Å². The minimum absolute atomic E-state index is 0.0154. The minimum atomic E-state index is -0.303. The summed E-state index contributed by atoms with van der Waals surface area (Å²) in [6.07, 6.45) is 6.31. The monoisotopic (exact) mass is 343 g/mol. The second-order valence-corrected chi connectivity index (χ2v) is 6.48. The highest BCUT2D eigenvalue weighted by Gasteiger charge is 2.37. The molecule has 4 heterocycles. The van der Waals surface area contributed by atoms with Crippen LogP contribution >= 0.6 is 0 Å². The molecule has 0 aromatic carbocycles. The molecular weight excluding hydrogens is 322 g/mol. The fourth-order valence-corrected chi connectivity index (χ4v) is 3.58. The molecule has 8 nitrogen and oxygen atoms in total. The number of ether oxygens (including phenoxy) is 1. The summed E-state index contributed by atoms with van der Waals surface area (Å²) < 4.78 is 7.42. The van der Waals surface area contributed by atoms with Gasteiger partial charge >= 0.3 is 6.03 Å². The van der Waals surface area contributed by atoms with Crippen molar-refractivity contribution in [2.45, 2.75) is 43.9 Å². The molecule has 2 saturated heterocycles. The number of urea groups is 1. The first-order chi connectivity index (χ1) is 12.2. The third-order valence-electron chi connectivity index (χ3n) is 4.80. The third-order valence-corrected chi connectivity index (χ3v) is 4.80. The normalized spacial score (nSPS) is 26.4. The molecule has 2 aliphatic rings. The number of anilines is 1. The van der Waals surface area contributed by atoms with Gasteiger partial charge in [0.2, 0.25) is 5.91 Å². The number of fused-ring (bicyclic) bond motifs is 1. The lowest BCUT2D eigenvalue weighted by Gasteiger charge is -2.35. The molecule has 2 aromatic heterocycles. The third kappa shape index (κ3) is 3.30. The van der Waals surface area contributed by atoms with Gasteiger partial charge in [-0.3, -0.25) is 4.79 Å². The van der Waals surface area contributed by atoms with Gasteiger partial charge in [0.15, 0.2) is 0 Å². The molecule has 2 aromatic rings. The van der Waals surface area contributed by atoms with Crippen LogP contribution in [0.5, 0.6) is 0 Å². The molecule has 25 heavy (non-hydrogen) atoms. The predicted molar refractivity (Wildman–Crippen MR) is 91.3 cm³/mol. The zero-order valence-corrected chi connectivity index (χ0v) is 13.8. The van der Waals surface area contributed by atoms with Gasteiger partial charge in [0, 0.05) is 19.2 Å². The van der Waals surface area contributed by atoms with E-state index in [1.54, 1.807) is 10.7 Å². The quantitative estimate of drug-likeness (QED) is 0.782. The van der Waals surface area contributed by atoms with E-state index in [0.717, 1.165) is 18.4 Å². The molecule has 2 aliphatic heterocycles. The van der Waals surface area contributed by atoms with Gasteiger partial charge < -0.3 is 20.7 Å². The second kappa shape index (κ2) is 6.72. The zero-order chi connectivity index (χ0) is 17.2. The maximum absolute atomic E-state index is 12.5. The van der Waals surface area contributed by atoms with Crippen molar-refractivity contribution in [3.8, 4) is 0 Å².